The van der Waals surface area contributed by atoms with E-state index in [4.69, 9.17) is 4.74 Å². The molecule has 0 fully saturated rings. The largest absolute Gasteiger partial charge is 0.456 e. The number of nitrogens with one attached hydrogen (secondary N) is 2. The fourth-order valence-electron chi connectivity index (χ4n) is 5.53. The monoisotopic (exact) mass is 661 g/mol. The van der Waals surface area contributed by atoms with Crippen LogP contribution in [-0.2, 0) is 19.1 Å². The number of hydrogen-bond donors (Lipinski definition) is 2. The molecule has 0 bridgehead atoms. The molecule has 0 aromatic heterocycles. The maximum atomic E-state index is 14.4. The highest BCUT2D eigenvalue weighted by Gasteiger charge is 2.43. The van der Waals surface area contributed by atoms with Gasteiger partial charge in [-0.1, -0.05) is 54.6 Å². The Kier molecular flexibility index (Phi) is 10.1. The van der Waals surface area contributed by atoms with E-state index in [1.165, 1.54) is 15.9 Å². The molecule has 0 spiro atoms. The number of para-hydroxylation sites is 4. The highest BCUT2D eigenvalue weighted by Crippen LogP contribution is 2.38. The number of carbonyl (C=O) groups is 5. The van der Waals surface area contributed by atoms with E-state index < -0.39 is 42.0 Å². The summed E-state index contributed by atoms with van der Waals surface area (Å²) in [6.45, 7) is 8.58. The fraction of sp³-hybridized carbons (Fsp3) is 0.237. The number of urea groups is 1. The number of carbonyl (C=O) groups excluding carboxylic acids is 5. The first-order valence-corrected chi connectivity index (χ1v) is 15.9. The third-order valence-corrected chi connectivity index (χ3v) is 7.55. The number of fused-ring (bicyclic) bond motifs is 1. The van der Waals surface area contributed by atoms with Gasteiger partial charge < -0.3 is 20.3 Å². The van der Waals surface area contributed by atoms with Crippen LogP contribution in [0.15, 0.2) is 109 Å². The van der Waals surface area contributed by atoms with Crippen molar-refractivity contribution in [3.63, 3.8) is 0 Å². The first kappa shape index (κ1) is 34.4. The molecule has 1 heterocycles. The molecule has 11 heteroatoms. The lowest BCUT2D eigenvalue weighted by atomic mass is 10.1. The molecule has 5 amide bonds. The molecule has 0 saturated heterocycles. The van der Waals surface area contributed by atoms with Crippen LogP contribution < -0.4 is 25.3 Å². The minimum Gasteiger partial charge on any atom is -0.456 e. The van der Waals surface area contributed by atoms with Gasteiger partial charge in [-0.15, -0.1) is 0 Å². The zero-order chi connectivity index (χ0) is 35.3. The molecule has 4 aromatic carbocycles. The van der Waals surface area contributed by atoms with Gasteiger partial charge in [0.25, 0.3) is 11.8 Å². The SMILES string of the molecule is CC(C)N(C(=O)CN1C(=O)[C@H](NC(=O)Nc2cccc(C(=O)OC(C)(C)C)c2)C(=O)N(c2ccccc2)c2ccccc21)c1ccccc1. The summed E-state index contributed by atoms with van der Waals surface area (Å²) in [7, 11) is 0. The Morgan fingerprint density at radius 3 is 2.04 bits per heavy atom. The summed E-state index contributed by atoms with van der Waals surface area (Å²) in [6.07, 6.45) is 0. The molecule has 252 valence electrons. The third kappa shape index (κ3) is 7.95. The summed E-state index contributed by atoms with van der Waals surface area (Å²) in [5.74, 6) is -2.47. The van der Waals surface area contributed by atoms with E-state index >= 15 is 0 Å². The molecule has 5 rings (SSSR count). The molecule has 2 N–H and O–H groups in total. The number of ether oxygens (including phenoxy) is 1. The van der Waals surface area contributed by atoms with Crippen LogP contribution in [-0.4, -0.2) is 54.0 Å². The van der Waals surface area contributed by atoms with E-state index in [2.05, 4.69) is 10.6 Å². The van der Waals surface area contributed by atoms with Crippen molar-refractivity contribution in [2.75, 3.05) is 26.6 Å². The second-order valence-electron chi connectivity index (χ2n) is 12.7. The number of benzene rings is 4. The number of anilines is 5. The summed E-state index contributed by atoms with van der Waals surface area (Å²) in [5, 5.41) is 5.16. The molecule has 0 radical (unpaired) electrons. The number of nitrogens with zero attached hydrogens (tertiary/aromatic N) is 3. The summed E-state index contributed by atoms with van der Waals surface area (Å²) >= 11 is 0. The second-order valence-corrected chi connectivity index (χ2v) is 12.7. The topological polar surface area (TPSA) is 128 Å². The van der Waals surface area contributed by atoms with E-state index in [1.807, 2.05) is 44.2 Å². The van der Waals surface area contributed by atoms with Gasteiger partial charge in [-0.3, -0.25) is 24.2 Å². The quantitative estimate of drug-likeness (QED) is 0.169. The zero-order valence-electron chi connectivity index (χ0n) is 28.0. The van der Waals surface area contributed by atoms with Crippen molar-refractivity contribution in [3.05, 3.63) is 115 Å². The number of amides is 5. The van der Waals surface area contributed by atoms with E-state index in [0.717, 1.165) is 0 Å². The Labute approximate surface area is 285 Å². The molecule has 0 saturated carbocycles. The lowest BCUT2D eigenvalue weighted by Gasteiger charge is -2.31. The Morgan fingerprint density at radius 1 is 0.796 bits per heavy atom. The smallest absolute Gasteiger partial charge is 0.338 e. The predicted octanol–water partition coefficient (Wildman–Crippen LogP) is 6.29. The highest BCUT2D eigenvalue weighted by molar-refractivity contribution is 6.25. The normalized spacial score (nSPS) is 14.5. The van der Waals surface area contributed by atoms with E-state index in [-0.39, 0.29) is 23.2 Å². The highest BCUT2D eigenvalue weighted by atomic mass is 16.6. The van der Waals surface area contributed by atoms with Crippen LogP contribution in [0, 0.1) is 0 Å². The summed E-state index contributed by atoms with van der Waals surface area (Å²) in [6, 6.07) is 27.9. The number of hydrogen-bond acceptors (Lipinski definition) is 6. The van der Waals surface area contributed by atoms with Crippen LogP contribution in [0.4, 0.5) is 33.2 Å². The Hall–Kier alpha value is -5.97. The van der Waals surface area contributed by atoms with Crippen molar-refractivity contribution in [1.82, 2.24) is 5.32 Å². The van der Waals surface area contributed by atoms with Gasteiger partial charge in [-0.25, -0.2) is 9.59 Å². The van der Waals surface area contributed by atoms with Crippen LogP contribution in [0.3, 0.4) is 0 Å². The van der Waals surface area contributed by atoms with Crippen molar-refractivity contribution in [1.29, 1.82) is 0 Å². The van der Waals surface area contributed by atoms with Crippen molar-refractivity contribution < 1.29 is 28.7 Å². The maximum absolute atomic E-state index is 14.4. The molecule has 49 heavy (non-hydrogen) atoms. The minimum absolute atomic E-state index is 0.206. The van der Waals surface area contributed by atoms with Gasteiger partial charge in [0.2, 0.25) is 5.91 Å². The molecular formula is C38H39N5O6. The van der Waals surface area contributed by atoms with Gasteiger partial charge in [0.15, 0.2) is 6.04 Å². The molecule has 1 aliphatic heterocycles. The van der Waals surface area contributed by atoms with E-state index in [1.54, 1.807) is 98.5 Å². The standard InChI is InChI=1S/C38H39N5O6/c1-25(2)42(28-17-8-6-9-18-28)32(44)24-41-30-21-12-13-22-31(30)43(29-19-10-7-11-20-29)35(46)33(34(41)45)40-37(48)39-27-16-14-15-26(23-27)36(47)49-38(3,4)5/h6-23,25,33H,24H2,1-5H3,(H2,39,40,48)/t33-/m0/s1. The van der Waals surface area contributed by atoms with Gasteiger partial charge in [0.1, 0.15) is 12.1 Å². The number of esters is 1. The summed E-state index contributed by atoms with van der Waals surface area (Å²) in [5.41, 5.74) is 1.53. The van der Waals surface area contributed by atoms with Crippen LogP contribution in [0.5, 0.6) is 0 Å². The van der Waals surface area contributed by atoms with Gasteiger partial charge in [-0.2, -0.15) is 0 Å². The van der Waals surface area contributed by atoms with Crippen LogP contribution in [0.1, 0.15) is 45.0 Å². The first-order chi connectivity index (χ1) is 23.3. The van der Waals surface area contributed by atoms with Gasteiger partial charge in [0, 0.05) is 23.1 Å². The third-order valence-electron chi connectivity index (χ3n) is 7.55. The average molecular weight is 662 g/mol. The molecular weight excluding hydrogens is 622 g/mol. The van der Waals surface area contributed by atoms with Gasteiger partial charge in [-0.05, 0) is 89.2 Å². The summed E-state index contributed by atoms with van der Waals surface area (Å²) in [4.78, 5) is 73.1. The van der Waals surface area contributed by atoms with Crippen molar-refractivity contribution >= 4 is 58.2 Å². The van der Waals surface area contributed by atoms with Crippen LogP contribution >= 0.6 is 0 Å². The molecule has 1 atom stereocenters. The Bertz CT molecular complexity index is 1860. The molecule has 0 unspecified atom stereocenters. The fourth-order valence-corrected chi connectivity index (χ4v) is 5.53. The molecule has 1 aliphatic rings. The summed E-state index contributed by atoms with van der Waals surface area (Å²) < 4.78 is 5.44. The van der Waals surface area contributed by atoms with Crippen molar-refractivity contribution in [2.24, 2.45) is 0 Å². The van der Waals surface area contributed by atoms with Gasteiger partial charge in [0.05, 0.1) is 16.9 Å². The van der Waals surface area contributed by atoms with Crippen LogP contribution in [0.25, 0.3) is 0 Å². The predicted molar refractivity (Wildman–Crippen MR) is 189 cm³/mol. The molecule has 4 aromatic rings. The van der Waals surface area contributed by atoms with E-state index in [9.17, 15) is 24.0 Å². The average Bonchev–Trinajstić information content (AvgIpc) is 3.14. The van der Waals surface area contributed by atoms with Gasteiger partial charge >= 0.3 is 12.0 Å². The first-order valence-electron chi connectivity index (χ1n) is 15.9. The van der Waals surface area contributed by atoms with Crippen molar-refractivity contribution in [2.45, 2.75) is 52.3 Å². The Balaban J connectivity index is 1.50. The lowest BCUT2D eigenvalue weighted by Crippen LogP contribution is -2.57. The lowest BCUT2D eigenvalue weighted by molar-refractivity contribution is -0.129. The maximum Gasteiger partial charge on any atom is 0.338 e. The number of rotatable bonds is 8. The second kappa shape index (κ2) is 14.4. The Morgan fingerprint density at radius 2 is 1.41 bits per heavy atom. The molecule has 0 aliphatic carbocycles. The minimum atomic E-state index is -1.72. The van der Waals surface area contributed by atoms with Crippen LogP contribution in [0.2, 0.25) is 0 Å². The zero-order valence-corrected chi connectivity index (χ0v) is 28.0. The molecule has 11 nitrogen and oxygen atoms in total. The van der Waals surface area contributed by atoms with Crippen molar-refractivity contribution in [3.8, 4) is 0 Å². The van der Waals surface area contributed by atoms with E-state index in [0.29, 0.717) is 22.7 Å².